The summed E-state index contributed by atoms with van der Waals surface area (Å²) in [6.45, 7) is 4.57. The molecular formula is C34H64O2. The summed E-state index contributed by atoms with van der Waals surface area (Å²) >= 11 is 0. The van der Waals surface area contributed by atoms with Crippen molar-refractivity contribution in [3.63, 3.8) is 0 Å². The minimum absolute atomic E-state index is 0.0518. The van der Waals surface area contributed by atoms with Crippen molar-refractivity contribution in [2.45, 2.75) is 200 Å². The van der Waals surface area contributed by atoms with Crippen LogP contribution in [0.1, 0.15) is 194 Å². The van der Waals surface area contributed by atoms with E-state index >= 15 is 0 Å². The fourth-order valence-corrected chi connectivity index (χ4v) is 5.53. The van der Waals surface area contributed by atoms with Crippen molar-refractivity contribution in [1.82, 2.24) is 0 Å². The summed E-state index contributed by atoms with van der Waals surface area (Å²) < 4.78 is 5.42. The van der Waals surface area contributed by atoms with E-state index in [-0.39, 0.29) is 12.1 Å². The summed E-state index contributed by atoms with van der Waals surface area (Å²) in [4.78, 5) is 11.8. The van der Waals surface area contributed by atoms with Gasteiger partial charge in [-0.05, 0) is 25.7 Å². The lowest BCUT2D eigenvalue weighted by Crippen LogP contribution is -2.36. The number of esters is 1. The maximum atomic E-state index is 11.8. The summed E-state index contributed by atoms with van der Waals surface area (Å²) in [5.41, 5.74) is 0.979. The lowest BCUT2D eigenvalue weighted by atomic mass is 9.96. The monoisotopic (exact) mass is 504 g/mol. The number of carbonyl (C=O) groups excluding carboxylic acids is 1. The summed E-state index contributed by atoms with van der Waals surface area (Å²) in [6.07, 6.45) is 40.4. The molecule has 0 aromatic heterocycles. The van der Waals surface area contributed by atoms with Crippen LogP contribution in [0.3, 0.4) is 0 Å². The number of cyclic esters (lactones) is 1. The Hall–Kier alpha value is -0.790. The van der Waals surface area contributed by atoms with E-state index in [9.17, 15) is 4.79 Å². The van der Waals surface area contributed by atoms with E-state index in [1.165, 1.54) is 167 Å². The van der Waals surface area contributed by atoms with Gasteiger partial charge >= 0.3 is 5.97 Å². The van der Waals surface area contributed by atoms with Crippen molar-refractivity contribution in [2.75, 3.05) is 0 Å². The molecule has 1 heterocycles. The molecule has 0 bridgehead atoms. The summed E-state index contributed by atoms with van der Waals surface area (Å²) in [6, 6.07) is 0. The summed E-state index contributed by atoms with van der Waals surface area (Å²) in [5.74, 6) is -0.0518. The van der Waals surface area contributed by atoms with Crippen molar-refractivity contribution in [3.05, 3.63) is 11.6 Å². The largest absolute Gasteiger partial charge is 0.454 e. The van der Waals surface area contributed by atoms with Gasteiger partial charge in [-0.1, -0.05) is 174 Å². The molecule has 0 amide bonds. The zero-order chi connectivity index (χ0) is 25.9. The molecule has 0 spiro atoms. The van der Waals surface area contributed by atoms with Gasteiger partial charge in [0.2, 0.25) is 0 Å². The van der Waals surface area contributed by atoms with Crippen LogP contribution in [0.5, 0.6) is 0 Å². The Morgan fingerprint density at radius 1 is 0.500 bits per heavy atom. The van der Waals surface area contributed by atoms with Gasteiger partial charge in [-0.15, -0.1) is 0 Å². The first-order valence-electron chi connectivity index (χ1n) is 16.7. The molecule has 0 radical (unpaired) electrons. The number of carbonyl (C=O) groups is 1. The predicted octanol–water partition coefficient (Wildman–Crippen LogP) is 11.8. The first-order chi connectivity index (χ1) is 17.8. The van der Waals surface area contributed by atoms with Crippen LogP contribution < -0.4 is 0 Å². The highest BCUT2D eigenvalue weighted by Crippen LogP contribution is 2.27. The van der Waals surface area contributed by atoms with Crippen molar-refractivity contribution in [1.29, 1.82) is 0 Å². The Morgan fingerprint density at radius 2 is 0.833 bits per heavy atom. The van der Waals surface area contributed by atoms with E-state index in [0.717, 1.165) is 18.4 Å². The highest BCUT2D eigenvalue weighted by molar-refractivity contribution is 5.95. The number of rotatable bonds is 28. The Bertz CT molecular complexity index is 509. The van der Waals surface area contributed by atoms with Gasteiger partial charge in [0.05, 0.1) is 5.57 Å². The second-order valence-corrected chi connectivity index (χ2v) is 11.6. The van der Waals surface area contributed by atoms with Gasteiger partial charge < -0.3 is 4.74 Å². The quantitative estimate of drug-likeness (QED) is 0.0601. The SMILES string of the molecule is CCCCCCCCCCCCCCCCC/C=C1\C(=O)OC1CCCCCCCCCCCCC. The molecule has 2 heteroatoms. The van der Waals surface area contributed by atoms with Crippen LogP contribution in [0, 0.1) is 0 Å². The molecule has 1 atom stereocenters. The lowest BCUT2D eigenvalue weighted by molar-refractivity contribution is -0.156. The maximum absolute atomic E-state index is 11.8. The molecule has 1 aliphatic heterocycles. The zero-order valence-electron chi connectivity index (χ0n) is 24.8. The fraction of sp³-hybridized carbons (Fsp3) is 0.912. The van der Waals surface area contributed by atoms with Crippen molar-refractivity contribution in [3.8, 4) is 0 Å². The topological polar surface area (TPSA) is 26.3 Å². The molecule has 1 saturated heterocycles. The fourth-order valence-electron chi connectivity index (χ4n) is 5.53. The van der Waals surface area contributed by atoms with E-state index in [1.54, 1.807) is 0 Å². The van der Waals surface area contributed by atoms with Crippen molar-refractivity contribution < 1.29 is 9.53 Å². The molecule has 0 N–H and O–H groups in total. The molecule has 0 aromatic carbocycles. The van der Waals surface area contributed by atoms with E-state index < -0.39 is 0 Å². The lowest BCUT2D eigenvalue weighted by Gasteiger charge is -2.29. The van der Waals surface area contributed by atoms with Gasteiger partial charge in [0.1, 0.15) is 6.10 Å². The molecule has 1 rings (SSSR count). The Balaban J connectivity index is 1.85. The number of hydrogen-bond acceptors (Lipinski definition) is 2. The number of ether oxygens (including phenoxy) is 1. The number of unbranched alkanes of at least 4 members (excludes halogenated alkanes) is 25. The van der Waals surface area contributed by atoms with Crippen molar-refractivity contribution >= 4 is 5.97 Å². The molecule has 2 nitrogen and oxygen atoms in total. The standard InChI is InChI=1S/C34H64O2/c1-3-5-7-9-11-13-15-16-17-18-19-21-22-24-26-28-30-32-33(36-34(32)35)31-29-27-25-23-20-14-12-10-8-6-4-2/h30,33H,3-29,31H2,1-2H3/b32-30-. The van der Waals surface area contributed by atoms with Gasteiger partial charge in [0, 0.05) is 0 Å². The third kappa shape index (κ3) is 19.3. The zero-order valence-corrected chi connectivity index (χ0v) is 24.8. The molecular weight excluding hydrogens is 440 g/mol. The van der Waals surface area contributed by atoms with Crippen LogP contribution in [0.2, 0.25) is 0 Å². The van der Waals surface area contributed by atoms with Gasteiger partial charge in [-0.25, -0.2) is 4.79 Å². The van der Waals surface area contributed by atoms with Crippen LogP contribution in [0.25, 0.3) is 0 Å². The van der Waals surface area contributed by atoms with Crippen LogP contribution in [-0.4, -0.2) is 12.1 Å². The van der Waals surface area contributed by atoms with Gasteiger partial charge in [0.15, 0.2) is 0 Å². The molecule has 1 aliphatic rings. The molecule has 0 aromatic rings. The van der Waals surface area contributed by atoms with Crippen LogP contribution in [0.15, 0.2) is 11.6 Å². The van der Waals surface area contributed by atoms with E-state index in [2.05, 4.69) is 19.9 Å². The second-order valence-electron chi connectivity index (χ2n) is 11.6. The third-order valence-corrected chi connectivity index (χ3v) is 8.07. The minimum Gasteiger partial charge on any atom is -0.454 e. The third-order valence-electron chi connectivity index (χ3n) is 8.07. The van der Waals surface area contributed by atoms with E-state index in [4.69, 9.17) is 4.74 Å². The maximum Gasteiger partial charge on any atom is 0.338 e. The van der Waals surface area contributed by atoms with Gasteiger partial charge in [0.25, 0.3) is 0 Å². The summed E-state index contributed by atoms with van der Waals surface area (Å²) in [7, 11) is 0. The van der Waals surface area contributed by atoms with Crippen LogP contribution >= 0.6 is 0 Å². The number of allylic oxidation sites excluding steroid dienone is 1. The number of hydrogen-bond donors (Lipinski definition) is 0. The Morgan fingerprint density at radius 3 is 1.19 bits per heavy atom. The molecule has 1 fully saturated rings. The smallest absolute Gasteiger partial charge is 0.338 e. The Kier molecular flexibility index (Phi) is 23.9. The average Bonchev–Trinajstić information content (AvgIpc) is 2.88. The molecule has 36 heavy (non-hydrogen) atoms. The van der Waals surface area contributed by atoms with Crippen molar-refractivity contribution in [2.24, 2.45) is 0 Å². The highest BCUT2D eigenvalue weighted by Gasteiger charge is 2.34. The molecule has 0 saturated carbocycles. The van der Waals surface area contributed by atoms with Crippen LogP contribution in [-0.2, 0) is 9.53 Å². The van der Waals surface area contributed by atoms with Crippen LogP contribution in [0.4, 0.5) is 0 Å². The molecule has 1 unspecified atom stereocenters. The average molecular weight is 505 g/mol. The predicted molar refractivity (Wildman–Crippen MR) is 159 cm³/mol. The summed E-state index contributed by atoms with van der Waals surface area (Å²) in [5, 5.41) is 0. The van der Waals surface area contributed by atoms with Gasteiger partial charge in [-0.3, -0.25) is 0 Å². The minimum atomic E-state index is -0.0518. The first-order valence-corrected chi connectivity index (χ1v) is 16.7. The van der Waals surface area contributed by atoms with Gasteiger partial charge in [-0.2, -0.15) is 0 Å². The Labute approximate surface area is 226 Å². The second kappa shape index (κ2) is 25.8. The highest BCUT2D eigenvalue weighted by atomic mass is 16.6. The molecule has 212 valence electrons. The van der Waals surface area contributed by atoms with E-state index in [0.29, 0.717) is 0 Å². The normalized spacial score (nSPS) is 16.4. The van der Waals surface area contributed by atoms with E-state index in [1.807, 2.05) is 0 Å². The first kappa shape index (κ1) is 33.2. The molecule has 0 aliphatic carbocycles.